The highest BCUT2D eigenvalue weighted by atomic mass is 16.5. The maximum Gasteiger partial charge on any atom is 0.0576 e. The summed E-state index contributed by atoms with van der Waals surface area (Å²) < 4.78 is 5.68. The van der Waals surface area contributed by atoms with E-state index in [4.69, 9.17) is 4.74 Å². The van der Waals surface area contributed by atoms with Crippen molar-refractivity contribution in [3.8, 4) is 0 Å². The maximum absolute atomic E-state index is 5.68. The summed E-state index contributed by atoms with van der Waals surface area (Å²) in [6.45, 7) is 6.68. The second-order valence-corrected chi connectivity index (χ2v) is 5.67. The van der Waals surface area contributed by atoms with Gasteiger partial charge in [0.05, 0.1) is 6.10 Å². The minimum Gasteiger partial charge on any atom is -0.378 e. The van der Waals surface area contributed by atoms with Gasteiger partial charge in [0.2, 0.25) is 0 Å². The van der Waals surface area contributed by atoms with Crippen LogP contribution in [0.5, 0.6) is 0 Å². The Morgan fingerprint density at radius 2 is 2.25 bits per heavy atom. The van der Waals surface area contributed by atoms with Crippen LogP contribution in [0.15, 0.2) is 0 Å². The van der Waals surface area contributed by atoms with Crippen LogP contribution in [0.1, 0.15) is 58.8 Å². The first-order valence-electron chi connectivity index (χ1n) is 7.12. The molecule has 0 aromatic carbocycles. The van der Waals surface area contributed by atoms with Gasteiger partial charge >= 0.3 is 0 Å². The predicted molar refractivity (Wildman–Crippen MR) is 67.6 cm³/mol. The molecule has 2 heteroatoms. The van der Waals surface area contributed by atoms with Crippen LogP contribution in [0.4, 0.5) is 0 Å². The van der Waals surface area contributed by atoms with Crippen LogP contribution in [0.25, 0.3) is 0 Å². The van der Waals surface area contributed by atoms with Crippen molar-refractivity contribution in [3.05, 3.63) is 0 Å². The summed E-state index contributed by atoms with van der Waals surface area (Å²) in [6.07, 6.45) is 10.1. The molecule has 2 rings (SSSR count). The molecule has 1 saturated heterocycles. The normalized spacial score (nSPS) is 29.2. The van der Waals surface area contributed by atoms with Crippen molar-refractivity contribution in [3.63, 3.8) is 0 Å². The average Bonchev–Trinajstić information content (AvgIpc) is 2.88. The number of rotatable bonds is 7. The Morgan fingerprint density at radius 1 is 1.44 bits per heavy atom. The molecular formula is C14H27NO. The van der Waals surface area contributed by atoms with Crippen molar-refractivity contribution in [1.29, 1.82) is 0 Å². The van der Waals surface area contributed by atoms with Gasteiger partial charge in [-0.3, -0.25) is 0 Å². The summed E-state index contributed by atoms with van der Waals surface area (Å²) in [6, 6.07) is 0.710. The van der Waals surface area contributed by atoms with E-state index in [0.717, 1.165) is 13.2 Å². The lowest BCUT2D eigenvalue weighted by Gasteiger charge is -2.24. The van der Waals surface area contributed by atoms with E-state index >= 15 is 0 Å². The summed E-state index contributed by atoms with van der Waals surface area (Å²) in [5, 5.41) is 3.60. The molecule has 1 aliphatic carbocycles. The summed E-state index contributed by atoms with van der Waals surface area (Å²) in [7, 11) is 0. The molecule has 2 aliphatic rings. The highest BCUT2D eigenvalue weighted by Crippen LogP contribution is 2.52. The zero-order valence-electron chi connectivity index (χ0n) is 10.9. The summed E-state index contributed by atoms with van der Waals surface area (Å²) >= 11 is 0. The van der Waals surface area contributed by atoms with Gasteiger partial charge in [-0.05, 0) is 57.4 Å². The van der Waals surface area contributed by atoms with Crippen LogP contribution >= 0.6 is 0 Å². The topological polar surface area (TPSA) is 21.3 Å². The molecule has 1 aliphatic heterocycles. The van der Waals surface area contributed by atoms with E-state index in [1.165, 1.54) is 44.9 Å². The lowest BCUT2D eigenvalue weighted by Crippen LogP contribution is -2.34. The molecule has 0 bridgehead atoms. The van der Waals surface area contributed by atoms with Crippen LogP contribution in [-0.4, -0.2) is 25.3 Å². The molecule has 0 amide bonds. The molecule has 94 valence electrons. The SMILES string of the molecule is CCNC(C)C1(CCCC2CCCO2)CC1. The zero-order valence-corrected chi connectivity index (χ0v) is 10.9. The van der Waals surface area contributed by atoms with Crippen LogP contribution < -0.4 is 5.32 Å². The van der Waals surface area contributed by atoms with Crippen LogP contribution in [0.3, 0.4) is 0 Å². The Hall–Kier alpha value is -0.0800. The summed E-state index contributed by atoms with van der Waals surface area (Å²) in [4.78, 5) is 0. The maximum atomic E-state index is 5.68. The molecule has 2 fully saturated rings. The summed E-state index contributed by atoms with van der Waals surface area (Å²) in [5.74, 6) is 0. The van der Waals surface area contributed by atoms with Crippen molar-refractivity contribution in [2.45, 2.75) is 70.9 Å². The van der Waals surface area contributed by atoms with E-state index < -0.39 is 0 Å². The third kappa shape index (κ3) is 2.98. The van der Waals surface area contributed by atoms with Crippen molar-refractivity contribution in [2.75, 3.05) is 13.2 Å². The van der Waals surface area contributed by atoms with E-state index in [0.29, 0.717) is 17.6 Å². The fraction of sp³-hybridized carbons (Fsp3) is 1.00. The lowest BCUT2D eigenvalue weighted by molar-refractivity contribution is 0.0995. The van der Waals surface area contributed by atoms with Crippen molar-refractivity contribution < 1.29 is 4.74 Å². The first kappa shape index (κ1) is 12.4. The van der Waals surface area contributed by atoms with Crippen LogP contribution in [0, 0.1) is 5.41 Å². The van der Waals surface area contributed by atoms with E-state index in [2.05, 4.69) is 19.2 Å². The highest BCUT2D eigenvalue weighted by molar-refractivity contribution is 5.00. The molecule has 1 heterocycles. The van der Waals surface area contributed by atoms with Crippen molar-refractivity contribution >= 4 is 0 Å². The molecule has 0 spiro atoms. The average molecular weight is 225 g/mol. The van der Waals surface area contributed by atoms with Gasteiger partial charge in [-0.25, -0.2) is 0 Å². The molecular weight excluding hydrogens is 198 g/mol. The standard InChI is InChI=1S/C14H27NO/c1-3-15-12(2)14(9-10-14)8-4-6-13-7-5-11-16-13/h12-13,15H,3-11H2,1-2H3. The predicted octanol–water partition coefficient (Wildman–Crippen LogP) is 3.11. The molecule has 0 aromatic heterocycles. The van der Waals surface area contributed by atoms with Gasteiger partial charge in [-0.15, -0.1) is 0 Å². The van der Waals surface area contributed by atoms with Crippen LogP contribution in [-0.2, 0) is 4.74 Å². The van der Waals surface area contributed by atoms with E-state index in [9.17, 15) is 0 Å². The number of hydrogen-bond acceptors (Lipinski definition) is 2. The zero-order chi connectivity index (χ0) is 11.4. The molecule has 1 N–H and O–H groups in total. The number of nitrogens with one attached hydrogen (secondary N) is 1. The minimum atomic E-state index is 0.588. The smallest absolute Gasteiger partial charge is 0.0576 e. The van der Waals surface area contributed by atoms with E-state index in [1.807, 2.05) is 0 Å². The Morgan fingerprint density at radius 3 is 2.81 bits per heavy atom. The molecule has 2 unspecified atom stereocenters. The molecule has 0 aromatic rings. The quantitative estimate of drug-likeness (QED) is 0.719. The second-order valence-electron chi connectivity index (χ2n) is 5.67. The molecule has 2 nitrogen and oxygen atoms in total. The van der Waals surface area contributed by atoms with Crippen molar-refractivity contribution in [1.82, 2.24) is 5.32 Å². The Bertz CT molecular complexity index is 207. The minimum absolute atomic E-state index is 0.588. The van der Waals surface area contributed by atoms with Gasteiger partial charge in [0.1, 0.15) is 0 Å². The van der Waals surface area contributed by atoms with Gasteiger partial charge in [-0.1, -0.05) is 13.3 Å². The fourth-order valence-electron chi connectivity index (χ4n) is 3.14. The third-order valence-corrected chi connectivity index (χ3v) is 4.55. The number of hydrogen-bond donors (Lipinski definition) is 1. The Balaban J connectivity index is 1.64. The van der Waals surface area contributed by atoms with E-state index in [-0.39, 0.29) is 0 Å². The second kappa shape index (κ2) is 5.50. The third-order valence-electron chi connectivity index (χ3n) is 4.55. The fourth-order valence-corrected chi connectivity index (χ4v) is 3.14. The first-order valence-corrected chi connectivity index (χ1v) is 7.12. The molecule has 2 atom stereocenters. The summed E-state index contributed by atoms with van der Waals surface area (Å²) in [5.41, 5.74) is 0.647. The van der Waals surface area contributed by atoms with Crippen LogP contribution in [0.2, 0.25) is 0 Å². The highest BCUT2D eigenvalue weighted by Gasteiger charge is 2.46. The van der Waals surface area contributed by atoms with E-state index in [1.54, 1.807) is 0 Å². The molecule has 16 heavy (non-hydrogen) atoms. The van der Waals surface area contributed by atoms with Gasteiger partial charge in [0.25, 0.3) is 0 Å². The van der Waals surface area contributed by atoms with Gasteiger partial charge < -0.3 is 10.1 Å². The first-order chi connectivity index (χ1) is 7.77. The molecule has 0 radical (unpaired) electrons. The Kier molecular flexibility index (Phi) is 4.26. The Labute approximate surface area is 100 Å². The lowest BCUT2D eigenvalue weighted by atomic mass is 9.90. The van der Waals surface area contributed by atoms with Gasteiger partial charge in [-0.2, -0.15) is 0 Å². The van der Waals surface area contributed by atoms with Gasteiger partial charge in [0.15, 0.2) is 0 Å². The van der Waals surface area contributed by atoms with Gasteiger partial charge in [0, 0.05) is 12.6 Å². The monoisotopic (exact) mass is 225 g/mol. The largest absolute Gasteiger partial charge is 0.378 e. The molecule has 1 saturated carbocycles. The number of ether oxygens (including phenoxy) is 1. The van der Waals surface area contributed by atoms with Crippen molar-refractivity contribution in [2.24, 2.45) is 5.41 Å².